The summed E-state index contributed by atoms with van der Waals surface area (Å²) in [5, 5.41) is 9.39. The van der Waals surface area contributed by atoms with Crippen LogP contribution in [-0.4, -0.2) is 21.6 Å². The van der Waals surface area contributed by atoms with Crippen LogP contribution in [0.1, 0.15) is 17.0 Å². The van der Waals surface area contributed by atoms with Crippen LogP contribution in [-0.2, 0) is 9.59 Å². The number of carbonyl (C=O) groups is 2. The minimum absolute atomic E-state index is 0.0875. The van der Waals surface area contributed by atoms with E-state index in [1.54, 1.807) is 30.7 Å². The lowest BCUT2D eigenvalue weighted by molar-refractivity contribution is -0.118. The maximum atomic E-state index is 14.2. The molecule has 0 fully saturated rings. The molecule has 2 N–H and O–H groups in total. The van der Waals surface area contributed by atoms with Gasteiger partial charge in [0.1, 0.15) is 17.2 Å². The van der Waals surface area contributed by atoms with Gasteiger partial charge in [-0.2, -0.15) is 5.10 Å². The highest BCUT2D eigenvalue weighted by Crippen LogP contribution is 2.23. The molecule has 6 nitrogen and oxygen atoms in total. The zero-order chi connectivity index (χ0) is 24.9. The third-order valence-electron chi connectivity index (χ3n) is 5.37. The average molecular weight is 472 g/mol. The summed E-state index contributed by atoms with van der Waals surface area (Å²) in [5.74, 6) is -3.01. The smallest absolute Gasteiger partial charge is 0.261 e. The third kappa shape index (κ3) is 5.16. The molecule has 8 heteroatoms. The number of benzene rings is 3. The number of carbonyl (C=O) groups excluding carboxylic acids is 2. The maximum Gasteiger partial charge on any atom is 0.261 e. The van der Waals surface area contributed by atoms with Crippen LogP contribution in [0.3, 0.4) is 0 Å². The zero-order valence-electron chi connectivity index (χ0n) is 19.0. The molecule has 0 saturated heterocycles. The molecule has 0 aliphatic rings. The quantitative estimate of drug-likeness (QED) is 0.223. The SMILES string of the molecule is Cc1nn(-c2ccccc2)c(C)c1C=C(C(=O)Nc1ccccc1F)C(=O)Nc1ccccc1F. The first-order valence-corrected chi connectivity index (χ1v) is 10.8. The zero-order valence-corrected chi connectivity index (χ0v) is 19.0. The van der Waals surface area contributed by atoms with E-state index in [1.807, 2.05) is 30.3 Å². The number of nitrogens with zero attached hydrogens (tertiary/aromatic N) is 2. The van der Waals surface area contributed by atoms with Crippen molar-refractivity contribution in [2.45, 2.75) is 13.8 Å². The number of aromatic nitrogens is 2. The Balaban J connectivity index is 1.76. The summed E-state index contributed by atoms with van der Waals surface area (Å²) in [6.45, 7) is 3.55. The van der Waals surface area contributed by atoms with Crippen LogP contribution in [0, 0.1) is 25.5 Å². The van der Waals surface area contributed by atoms with Gasteiger partial charge in [0, 0.05) is 11.3 Å². The summed E-state index contributed by atoms with van der Waals surface area (Å²) in [6, 6.07) is 20.6. The highest BCUT2D eigenvalue weighted by Gasteiger charge is 2.23. The van der Waals surface area contributed by atoms with E-state index in [0.29, 0.717) is 17.0 Å². The molecule has 4 rings (SSSR count). The summed E-state index contributed by atoms with van der Waals surface area (Å²) >= 11 is 0. The lowest BCUT2D eigenvalue weighted by atomic mass is 10.1. The molecule has 35 heavy (non-hydrogen) atoms. The first kappa shape index (κ1) is 23.6. The van der Waals surface area contributed by atoms with E-state index in [4.69, 9.17) is 0 Å². The predicted octanol–water partition coefficient (Wildman–Crippen LogP) is 5.43. The van der Waals surface area contributed by atoms with Gasteiger partial charge in [0.15, 0.2) is 0 Å². The fourth-order valence-corrected chi connectivity index (χ4v) is 3.57. The van der Waals surface area contributed by atoms with Crippen molar-refractivity contribution in [3.05, 3.63) is 113 Å². The molecule has 0 atom stereocenters. The van der Waals surface area contributed by atoms with Gasteiger partial charge in [0.2, 0.25) is 0 Å². The fraction of sp³-hybridized carbons (Fsp3) is 0.0741. The molecular weight excluding hydrogens is 450 g/mol. The van der Waals surface area contributed by atoms with E-state index in [-0.39, 0.29) is 16.9 Å². The third-order valence-corrected chi connectivity index (χ3v) is 5.37. The summed E-state index contributed by atoms with van der Waals surface area (Å²) in [6.07, 6.45) is 1.38. The fourth-order valence-electron chi connectivity index (χ4n) is 3.57. The molecular formula is C27H22F2N4O2. The number of hydrogen-bond acceptors (Lipinski definition) is 3. The second kappa shape index (κ2) is 10.1. The van der Waals surface area contributed by atoms with Gasteiger partial charge in [-0.15, -0.1) is 0 Å². The lowest BCUT2D eigenvalue weighted by Gasteiger charge is -2.11. The molecule has 176 valence electrons. The molecule has 3 aromatic carbocycles. The Hall–Kier alpha value is -4.59. The standard InChI is InChI=1S/C27H22F2N4O2/c1-17-20(18(2)33(32-17)19-10-4-3-5-11-19)16-21(26(34)30-24-14-8-6-12-22(24)28)27(35)31-25-15-9-7-13-23(25)29/h3-16H,1-2H3,(H,30,34)(H,31,35). The Kier molecular flexibility index (Phi) is 6.82. The number of hydrogen-bond donors (Lipinski definition) is 2. The highest BCUT2D eigenvalue weighted by atomic mass is 19.1. The summed E-state index contributed by atoms with van der Waals surface area (Å²) in [7, 11) is 0. The van der Waals surface area contributed by atoms with Crippen LogP contribution in [0.4, 0.5) is 20.2 Å². The van der Waals surface area contributed by atoms with Crippen LogP contribution in [0.25, 0.3) is 11.8 Å². The lowest BCUT2D eigenvalue weighted by Crippen LogP contribution is -2.26. The molecule has 0 unspecified atom stereocenters. The van der Waals surface area contributed by atoms with E-state index in [9.17, 15) is 18.4 Å². The summed E-state index contributed by atoms with van der Waals surface area (Å²) in [4.78, 5) is 26.3. The van der Waals surface area contributed by atoms with Crippen molar-refractivity contribution in [2.75, 3.05) is 10.6 Å². The molecule has 1 heterocycles. The van der Waals surface area contributed by atoms with Crippen LogP contribution >= 0.6 is 0 Å². The molecule has 0 aliphatic carbocycles. The van der Waals surface area contributed by atoms with Crippen molar-refractivity contribution in [1.29, 1.82) is 0 Å². The first-order chi connectivity index (χ1) is 16.8. The molecule has 0 bridgehead atoms. The average Bonchev–Trinajstić information content (AvgIpc) is 3.13. The number of aryl methyl sites for hydroxylation is 1. The van der Waals surface area contributed by atoms with Crippen LogP contribution in [0.15, 0.2) is 84.4 Å². The minimum atomic E-state index is -0.852. The number of anilines is 2. The van der Waals surface area contributed by atoms with Gasteiger partial charge in [0.05, 0.1) is 22.8 Å². The van der Waals surface area contributed by atoms with Gasteiger partial charge >= 0.3 is 0 Å². The largest absolute Gasteiger partial charge is 0.319 e. The number of rotatable bonds is 6. The van der Waals surface area contributed by atoms with Gasteiger partial charge < -0.3 is 10.6 Å². The highest BCUT2D eigenvalue weighted by molar-refractivity contribution is 6.29. The topological polar surface area (TPSA) is 76.0 Å². The van der Waals surface area contributed by atoms with Crippen LogP contribution in [0.2, 0.25) is 0 Å². The Morgan fingerprint density at radius 1 is 0.771 bits per heavy atom. The molecule has 0 radical (unpaired) electrons. The van der Waals surface area contributed by atoms with Crippen LogP contribution in [0.5, 0.6) is 0 Å². The van der Waals surface area contributed by atoms with E-state index in [2.05, 4.69) is 15.7 Å². The van der Waals surface area contributed by atoms with Gasteiger partial charge in [0.25, 0.3) is 11.8 Å². The number of halogens is 2. The van der Waals surface area contributed by atoms with E-state index < -0.39 is 23.4 Å². The van der Waals surface area contributed by atoms with Crippen LogP contribution < -0.4 is 10.6 Å². The van der Waals surface area contributed by atoms with E-state index >= 15 is 0 Å². The second-order valence-electron chi connectivity index (χ2n) is 7.76. The Labute approximate surface area is 200 Å². The van der Waals surface area contributed by atoms with Gasteiger partial charge in [-0.25, -0.2) is 13.5 Å². The molecule has 2 amide bonds. The minimum Gasteiger partial charge on any atom is -0.319 e. The van der Waals surface area contributed by atoms with Crippen molar-refractivity contribution in [3.8, 4) is 5.69 Å². The van der Waals surface area contributed by atoms with E-state index in [0.717, 1.165) is 5.69 Å². The van der Waals surface area contributed by atoms with Gasteiger partial charge in [-0.3, -0.25) is 9.59 Å². The van der Waals surface area contributed by atoms with Crippen molar-refractivity contribution in [1.82, 2.24) is 9.78 Å². The Morgan fingerprint density at radius 2 is 1.26 bits per heavy atom. The van der Waals surface area contributed by atoms with Crippen molar-refractivity contribution < 1.29 is 18.4 Å². The van der Waals surface area contributed by atoms with Crippen molar-refractivity contribution in [2.24, 2.45) is 0 Å². The first-order valence-electron chi connectivity index (χ1n) is 10.8. The van der Waals surface area contributed by atoms with E-state index in [1.165, 1.54) is 42.5 Å². The summed E-state index contributed by atoms with van der Waals surface area (Å²) in [5.41, 5.74) is 2.09. The number of nitrogens with one attached hydrogen (secondary N) is 2. The number of amides is 2. The van der Waals surface area contributed by atoms with Gasteiger partial charge in [-0.05, 0) is 56.3 Å². The molecule has 0 aliphatic heterocycles. The Bertz CT molecular complexity index is 1370. The molecule has 0 saturated carbocycles. The second-order valence-corrected chi connectivity index (χ2v) is 7.76. The molecule has 0 spiro atoms. The van der Waals surface area contributed by atoms with Gasteiger partial charge in [-0.1, -0.05) is 42.5 Å². The molecule has 4 aromatic rings. The molecule has 1 aromatic heterocycles. The predicted molar refractivity (Wildman–Crippen MR) is 131 cm³/mol. The number of para-hydroxylation sites is 3. The monoisotopic (exact) mass is 472 g/mol. The maximum absolute atomic E-state index is 14.2. The Morgan fingerprint density at radius 3 is 1.77 bits per heavy atom. The normalized spacial score (nSPS) is 10.5. The summed E-state index contributed by atoms with van der Waals surface area (Å²) < 4.78 is 30.0. The van der Waals surface area contributed by atoms with Crippen molar-refractivity contribution >= 4 is 29.3 Å². The van der Waals surface area contributed by atoms with Crippen molar-refractivity contribution in [3.63, 3.8) is 0 Å².